The van der Waals surface area contributed by atoms with Crippen molar-refractivity contribution in [2.24, 2.45) is 7.05 Å². The number of nitrogens with one attached hydrogen (secondary N) is 1. The molecule has 0 saturated heterocycles. The lowest BCUT2D eigenvalue weighted by Crippen LogP contribution is -2.13. The lowest BCUT2D eigenvalue weighted by molar-refractivity contribution is 0.282. The highest BCUT2D eigenvalue weighted by Crippen LogP contribution is 2.23. The zero-order chi connectivity index (χ0) is 12.5. The van der Waals surface area contributed by atoms with Crippen LogP contribution in [0.3, 0.4) is 0 Å². The first-order chi connectivity index (χ1) is 8.03. The van der Waals surface area contributed by atoms with E-state index in [2.05, 4.69) is 9.82 Å². The Morgan fingerprint density at radius 2 is 2.35 bits per heavy atom. The Kier molecular flexibility index (Phi) is 3.18. The van der Waals surface area contributed by atoms with E-state index in [1.54, 1.807) is 18.6 Å². The van der Waals surface area contributed by atoms with Crippen molar-refractivity contribution in [3.8, 4) is 0 Å². The van der Waals surface area contributed by atoms with Gasteiger partial charge in [-0.1, -0.05) is 0 Å². The van der Waals surface area contributed by atoms with Crippen LogP contribution in [-0.2, 0) is 23.7 Å². The van der Waals surface area contributed by atoms with Crippen molar-refractivity contribution in [3.63, 3.8) is 0 Å². The summed E-state index contributed by atoms with van der Waals surface area (Å²) in [6.07, 6.45) is 2.98. The van der Waals surface area contributed by atoms with Gasteiger partial charge in [0.25, 0.3) is 10.0 Å². The van der Waals surface area contributed by atoms with Crippen LogP contribution >= 0.6 is 11.3 Å². The summed E-state index contributed by atoms with van der Waals surface area (Å²) in [5.74, 6) is 0. The number of aliphatic hydroxyl groups excluding tert-OH is 1. The maximum Gasteiger partial charge on any atom is 0.263 e. The Bertz CT molecular complexity index is 615. The van der Waals surface area contributed by atoms with E-state index in [1.807, 2.05) is 0 Å². The van der Waals surface area contributed by atoms with Crippen molar-refractivity contribution < 1.29 is 13.5 Å². The highest BCUT2D eigenvalue weighted by molar-refractivity contribution is 7.93. The zero-order valence-corrected chi connectivity index (χ0v) is 10.6. The first-order valence-corrected chi connectivity index (χ1v) is 7.08. The summed E-state index contributed by atoms with van der Waals surface area (Å²) in [5.41, 5.74) is 0.391. The Hall–Kier alpha value is -1.38. The van der Waals surface area contributed by atoms with Gasteiger partial charge in [-0.15, -0.1) is 11.3 Å². The molecule has 0 unspecified atom stereocenters. The van der Waals surface area contributed by atoms with Crippen LogP contribution < -0.4 is 4.72 Å². The summed E-state index contributed by atoms with van der Waals surface area (Å²) < 4.78 is 27.9. The molecule has 0 aliphatic rings. The number of hydrogen-bond acceptors (Lipinski definition) is 5. The number of thiophene rings is 1. The molecule has 0 bridgehead atoms. The Labute approximate surface area is 103 Å². The second kappa shape index (κ2) is 4.47. The summed E-state index contributed by atoms with van der Waals surface area (Å²) >= 11 is 1.20. The van der Waals surface area contributed by atoms with Gasteiger partial charge in [0.2, 0.25) is 0 Å². The number of aryl methyl sites for hydroxylation is 1. The van der Waals surface area contributed by atoms with Crippen LogP contribution in [0.25, 0.3) is 0 Å². The largest absolute Gasteiger partial charge is 0.391 e. The van der Waals surface area contributed by atoms with Gasteiger partial charge in [-0.2, -0.15) is 5.10 Å². The molecule has 2 aromatic rings. The topological polar surface area (TPSA) is 84.2 Å². The maximum atomic E-state index is 12.0. The Balaban J connectivity index is 2.31. The summed E-state index contributed by atoms with van der Waals surface area (Å²) in [4.78, 5) is 0.523. The minimum Gasteiger partial charge on any atom is -0.391 e. The van der Waals surface area contributed by atoms with Crippen LogP contribution in [0.1, 0.15) is 4.88 Å². The molecule has 0 saturated carbocycles. The number of rotatable bonds is 4. The highest BCUT2D eigenvalue weighted by Gasteiger charge is 2.19. The van der Waals surface area contributed by atoms with Crippen LogP contribution in [0.5, 0.6) is 0 Å². The standard InChI is InChI=1S/C9H11N3O3S2/c1-12-5-7(4-10-12)11-17(14,15)9-2-3-16-8(9)6-13/h2-5,11,13H,6H2,1H3. The predicted octanol–water partition coefficient (Wildman–Crippen LogP) is 0.775. The highest BCUT2D eigenvalue weighted by atomic mass is 32.2. The SMILES string of the molecule is Cn1cc(NS(=O)(=O)c2ccsc2CO)cn1. The second-order valence-electron chi connectivity index (χ2n) is 3.37. The molecular weight excluding hydrogens is 262 g/mol. The average molecular weight is 273 g/mol. The molecule has 0 spiro atoms. The monoisotopic (exact) mass is 273 g/mol. The van der Waals surface area contributed by atoms with Gasteiger partial charge in [-0.3, -0.25) is 9.40 Å². The third kappa shape index (κ3) is 2.48. The van der Waals surface area contributed by atoms with E-state index in [0.29, 0.717) is 10.6 Å². The van der Waals surface area contributed by atoms with Gasteiger partial charge >= 0.3 is 0 Å². The molecule has 17 heavy (non-hydrogen) atoms. The molecule has 0 atom stereocenters. The molecule has 0 aromatic carbocycles. The smallest absolute Gasteiger partial charge is 0.263 e. The molecule has 2 N–H and O–H groups in total. The molecule has 0 aliphatic heterocycles. The van der Waals surface area contributed by atoms with Gasteiger partial charge in [0.15, 0.2) is 0 Å². The second-order valence-corrected chi connectivity index (χ2v) is 6.03. The quantitative estimate of drug-likeness (QED) is 0.862. The molecule has 0 amide bonds. The zero-order valence-electron chi connectivity index (χ0n) is 8.99. The average Bonchev–Trinajstić information content (AvgIpc) is 2.86. The van der Waals surface area contributed by atoms with Crippen molar-refractivity contribution in [1.29, 1.82) is 0 Å². The summed E-state index contributed by atoms with van der Waals surface area (Å²) in [6.45, 7) is -0.291. The van der Waals surface area contributed by atoms with Crippen molar-refractivity contribution in [2.45, 2.75) is 11.5 Å². The van der Waals surface area contributed by atoms with Gasteiger partial charge in [0.1, 0.15) is 4.90 Å². The molecule has 0 aliphatic carbocycles. The summed E-state index contributed by atoms with van der Waals surface area (Å²) in [6, 6.07) is 1.47. The number of anilines is 1. The van der Waals surface area contributed by atoms with Crippen LogP contribution in [0, 0.1) is 0 Å². The van der Waals surface area contributed by atoms with Gasteiger partial charge in [0, 0.05) is 13.2 Å². The minimum atomic E-state index is -3.65. The lowest BCUT2D eigenvalue weighted by atomic mass is 10.5. The molecule has 0 radical (unpaired) electrons. The Morgan fingerprint density at radius 3 is 2.94 bits per heavy atom. The molecule has 8 heteroatoms. The summed E-state index contributed by atoms with van der Waals surface area (Å²) in [5, 5.41) is 14.5. The number of aliphatic hydroxyl groups is 1. The van der Waals surface area contributed by atoms with Crippen molar-refractivity contribution >= 4 is 27.0 Å². The first-order valence-electron chi connectivity index (χ1n) is 4.71. The molecule has 6 nitrogen and oxygen atoms in total. The van der Waals surface area contributed by atoms with Crippen molar-refractivity contribution in [1.82, 2.24) is 9.78 Å². The minimum absolute atomic E-state index is 0.105. The molecule has 2 heterocycles. The van der Waals surface area contributed by atoms with E-state index < -0.39 is 10.0 Å². The van der Waals surface area contributed by atoms with Gasteiger partial charge in [-0.25, -0.2) is 8.42 Å². The van der Waals surface area contributed by atoms with Gasteiger partial charge < -0.3 is 5.11 Å². The molecule has 2 rings (SSSR count). The number of aromatic nitrogens is 2. The van der Waals surface area contributed by atoms with Crippen LogP contribution in [-0.4, -0.2) is 23.3 Å². The molecular formula is C9H11N3O3S2. The number of nitrogens with zero attached hydrogens (tertiary/aromatic N) is 2. The van der Waals surface area contributed by atoms with E-state index in [0.717, 1.165) is 0 Å². The van der Waals surface area contributed by atoms with E-state index in [1.165, 1.54) is 28.3 Å². The van der Waals surface area contributed by atoms with Crippen molar-refractivity contribution in [2.75, 3.05) is 4.72 Å². The summed E-state index contributed by atoms with van der Waals surface area (Å²) in [7, 11) is -1.96. The fourth-order valence-electron chi connectivity index (χ4n) is 1.37. The fraction of sp³-hybridized carbons (Fsp3) is 0.222. The van der Waals surface area contributed by atoms with E-state index in [9.17, 15) is 8.42 Å². The first kappa shape index (κ1) is 12.1. The van der Waals surface area contributed by atoms with Crippen LogP contribution in [0.2, 0.25) is 0 Å². The van der Waals surface area contributed by atoms with E-state index >= 15 is 0 Å². The van der Waals surface area contributed by atoms with Crippen LogP contribution in [0.15, 0.2) is 28.7 Å². The molecule has 2 aromatic heterocycles. The third-order valence-electron chi connectivity index (χ3n) is 2.09. The lowest BCUT2D eigenvalue weighted by Gasteiger charge is -2.05. The maximum absolute atomic E-state index is 12.0. The van der Waals surface area contributed by atoms with Gasteiger partial charge in [0.05, 0.1) is 23.4 Å². The van der Waals surface area contributed by atoms with E-state index in [4.69, 9.17) is 5.11 Å². The van der Waals surface area contributed by atoms with Gasteiger partial charge in [-0.05, 0) is 11.4 Å². The predicted molar refractivity (Wildman–Crippen MR) is 64.3 cm³/mol. The normalized spacial score (nSPS) is 11.6. The Morgan fingerprint density at radius 1 is 1.59 bits per heavy atom. The molecule has 0 fully saturated rings. The fourth-order valence-corrected chi connectivity index (χ4v) is 3.69. The molecule has 92 valence electrons. The van der Waals surface area contributed by atoms with Crippen molar-refractivity contribution in [3.05, 3.63) is 28.7 Å². The number of hydrogen-bond donors (Lipinski definition) is 2. The third-order valence-corrected chi connectivity index (χ3v) is 4.60. The van der Waals surface area contributed by atoms with E-state index in [-0.39, 0.29) is 11.5 Å². The number of sulfonamides is 1. The van der Waals surface area contributed by atoms with Crippen LogP contribution in [0.4, 0.5) is 5.69 Å².